The molecule has 3 aromatic carbocycles. The quantitative estimate of drug-likeness (QED) is 0.454. The molecule has 0 aliphatic heterocycles. The van der Waals surface area contributed by atoms with Crippen molar-refractivity contribution >= 4 is 41.6 Å². The van der Waals surface area contributed by atoms with Gasteiger partial charge in [-0.05, 0) is 42.8 Å². The summed E-state index contributed by atoms with van der Waals surface area (Å²) in [6.07, 6.45) is 4.00. The van der Waals surface area contributed by atoms with E-state index in [0.717, 1.165) is 8.20 Å². The second-order valence-electron chi connectivity index (χ2n) is 5.55. The molecule has 0 unspecified atom stereocenters. The second kappa shape index (κ2) is 5.12. The average Bonchev–Trinajstić information content (AvgIpc) is 2.88. The summed E-state index contributed by atoms with van der Waals surface area (Å²) >= 11 is 0. The van der Waals surface area contributed by atoms with E-state index < -0.39 is 0 Å². The molecular weight excluding hydrogens is 285 g/mol. The molecule has 4 aromatic rings. The third-order valence-electron chi connectivity index (χ3n) is 4.10. The van der Waals surface area contributed by atoms with Crippen LogP contribution in [0.4, 0.5) is 0 Å². The highest BCUT2D eigenvalue weighted by Crippen LogP contribution is 2.32. The van der Waals surface area contributed by atoms with Crippen LogP contribution in [0.3, 0.4) is 0 Å². The number of benzene rings is 3. The van der Waals surface area contributed by atoms with Crippen molar-refractivity contribution < 1.29 is 0 Å². The van der Waals surface area contributed by atoms with Gasteiger partial charge in [-0.15, -0.1) is 0 Å². The van der Waals surface area contributed by atoms with Crippen LogP contribution in [-0.2, 0) is 0 Å². The Morgan fingerprint density at radius 3 is 2.23 bits per heavy atom. The molecule has 0 radical (unpaired) electrons. The lowest BCUT2D eigenvalue weighted by Crippen LogP contribution is -1.96. The maximum Gasteiger partial charge on any atom is 0.0550 e. The molecule has 0 bridgehead atoms. The molecule has 0 saturated carbocycles. The van der Waals surface area contributed by atoms with Crippen LogP contribution < -0.4 is 5.30 Å². The Morgan fingerprint density at radius 1 is 0.818 bits per heavy atom. The summed E-state index contributed by atoms with van der Waals surface area (Å²) in [5, 5.41) is 3.84. The predicted octanol–water partition coefficient (Wildman–Crippen LogP) is 5.10. The molecule has 22 heavy (non-hydrogen) atoms. The van der Waals surface area contributed by atoms with Crippen molar-refractivity contribution in [2.45, 2.75) is 6.92 Å². The zero-order valence-electron chi connectivity index (χ0n) is 12.5. The third kappa shape index (κ3) is 1.98. The second-order valence-corrected chi connectivity index (χ2v) is 6.38. The van der Waals surface area contributed by atoms with Crippen molar-refractivity contribution in [1.29, 1.82) is 0 Å². The lowest BCUT2D eigenvalue weighted by molar-refractivity contribution is 1.18. The molecule has 0 aliphatic carbocycles. The maximum atomic E-state index is 4.00. The monoisotopic (exact) mass is 301 g/mol. The van der Waals surface area contributed by atoms with Gasteiger partial charge in [-0.1, -0.05) is 50.9 Å². The van der Waals surface area contributed by atoms with Crippen LogP contribution in [0, 0.1) is 6.92 Å². The number of nitrogens with zero attached hydrogens (tertiary/aromatic N) is 1. The van der Waals surface area contributed by atoms with E-state index in [1.165, 1.54) is 38.4 Å². The molecule has 106 valence electrons. The van der Waals surface area contributed by atoms with Gasteiger partial charge in [-0.25, -0.2) is 0 Å². The van der Waals surface area contributed by atoms with Crippen molar-refractivity contribution in [2.24, 2.45) is 0 Å². The van der Waals surface area contributed by atoms with Gasteiger partial charge in [-0.2, -0.15) is 0 Å². The normalized spacial score (nSPS) is 11.5. The Balaban J connectivity index is 2.22. The molecule has 1 heterocycles. The van der Waals surface area contributed by atoms with Crippen LogP contribution in [0.25, 0.3) is 27.5 Å². The first kappa shape index (κ1) is 13.3. The number of aryl methyl sites for hydroxylation is 1. The molecule has 0 fully saturated rings. The molecule has 0 aliphatic rings. The van der Waals surface area contributed by atoms with Crippen molar-refractivity contribution in [2.75, 3.05) is 0 Å². The molecule has 1 aromatic heterocycles. The summed E-state index contributed by atoms with van der Waals surface area (Å²) in [5.41, 5.74) is 4.99. The van der Waals surface area contributed by atoms with E-state index >= 15 is 0 Å². The van der Waals surface area contributed by atoms with Gasteiger partial charge in [0.15, 0.2) is 0 Å². The van der Waals surface area contributed by atoms with Gasteiger partial charge in [0.2, 0.25) is 0 Å². The fourth-order valence-corrected chi connectivity index (χ4v) is 3.46. The lowest BCUT2D eigenvalue weighted by Gasteiger charge is -2.08. The summed E-state index contributed by atoms with van der Waals surface area (Å²) in [6, 6.07) is 23.9. The van der Waals surface area contributed by atoms with Gasteiger partial charge in [0.1, 0.15) is 0 Å². The van der Waals surface area contributed by atoms with Crippen molar-refractivity contribution in [3.05, 3.63) is 72.3 Å². The fourth-order valence-electron chi connectivity index (χ4n) is 3.07. The lowest BCUT2D eigenvalue weighted by atomic mass is 10.1. The number of fused-ring (bicyclic) bond motifs is 3. The van der Waals surface area contributed by atoms with Gasteiger partial charge >= 0.3 is 0 Å². The molecule has 0 atom stereocenters. The minimum absolute atomic E-state index is 1.05. The van der Waals surface area contributed by atoms with Crippen LogP contribution >= 0.6 is 8.20 Å². The average molecular weight is 301 g/mol. The van der Waals surface area contributed by atoms with Crippen LogP contribution in [-0.4, -0.2) is 10.9 Å². The number of aromatic nitrogens is 1. The highest BCUT2D eigenvalue weighted by atomic mass is 31.1. The predicted molar refractivity (Wildman–Crippen MR) is 99.2 cm³/mol. The summed E-state index contributed by atoms with van der Waals surface area (Å²) in [7, 11) is 1.05. The molecule has 0 spiro atoms. The summed E-state index contributed by atoms with van der Waals surface area (Å²) in [4.78, 5) is 0. The Hall–Kier alpha value is -2.37. The Morgan fingerprint density at radius 2 is 1.50 bits per heavy atom. The van der Waals surface area contributed by atoms with Gasteiger partial charge < -0.3 is 4.57 Å². The SMILES string of the molecule is C=Pc1ccc2c3ccc(C)cc3n(-c3ccccc3)c2c1. The fraction of sp³-hybridized carbons (Fsp3) is 0.0500. The Labute approximate surface area is 131 Å². The molecule has 0 N–H and O–H groups in total. The third-order valence-corrected chi connectivity index (χ3v) is 4.75. The highest BCUT2D eigenvalue weighted by Gasteiger charge is 2.12. The number of rotatable bonds is 2. The highest BCUT2D eigenvalue weighted by molar-refractivity contribution is 7.45. The van der Waals surface area contributed by atoms with E-state index in [1.807, 2.05) is 0 Å². The zero-order valence-corrected chi connectivity index (χ0v) is 13.3. The first-order valence-corrected chi connectivity index (χ1v) is 8.43. The van der Waals surface area contributed by atoms with Crippen LogP contribution in [0.2, 0.25) is 0 Å². The maximum absolute atomic E-state index is 4.00. The first-order chi connectivity index (χ1) is 10.8. The van der Waals surface area contributed by atoms with E-state index in [1.54, 1.807) is 0 Å². The zero-order chi connectivity index (χ0) is 15.1. The van der Waals surface area contributed by atoms with Crippen molar-refractivity contribution in [1.82, 2.24) is 4.57 Å². The van der Waals surface area contributed by atoms with Gasteiger partial charge in [0, 0.05) is 21.8 Å². The van der Waals surface area contributed by atoms with E-state index in [9.17, 15) is 0 Å². The topological polar surface area (TPSA) is 4.93 Å². The first-order valence-electron chi connectivity index (χ1n) is 7.35. The Bertz CT molecular complexity index is 997. The van der Waals surface area contributed by atoms with Crippen molar-refractivity contribution in [3.63, 3.8) is 0 Å². The largest absolute Gasteiger partial charge is 0.309 e. The van der Waals surface area contributed by atoms with Crippen molar-refractivity contribution in [3.8, 4) is 5.69 Å². The molecule has 4 rings (SSSR count). The van der Waals surface area contributed by atoms with Gasteiger partial charge in [0.25, 0.3) is 0 Å². The summed E-state index contributed by atoms with van der Waals surface area (Å²) in [6.45, 7) is 2.15. The van der Waals surface area contributed by atoms with Crippen LogP contribution in [0.15, 0.2) is 66.7 Å². The minimum atomic E-state index is 1.05. The van der Waals surface area contributed by atoms with E-state index in [-0.39, 0.29) is 0 Å². The number of hydrogen-bond acceptors (Lipinski definition) is 0. The van der Waals surface area contributed by atoms with Gasteiger partial charge in [0.05, 0.1) is 11.0 Å². The summed E-state index contributed by atoms with van der Waals surface area (Å²) in [5.74, 6) is 0. The molecule has 1 nitrogen and oxygen atoms in total. The smallest absolute Gasteiger partial charge is 0.0550 e. The molecular formula is C20H16NP. The van der Waals surface area contributed by atoms with Gasteiger partial charge in [-0.3, -0.25) is 0 Å². The summed E-state index contributed by atoms with van der Waals surface area (Å²) < 4.78 is 2.35. The number of para-hydroxylation sites is 1. The standard InChI is InChI=1S/C20H16NP/c1-14-8-10-17-18-11-9-16(22-2)13-20(18)21(19(17)12-14)15-6-4-3-5-7-15/h3-13H,2H2,1H3. The molecule has 2 heteroatoms. The van der Waals surface area contributed by atoms with E-state index in [0.29, 0.717) is 0 Å². The van der Waals surface area contributed by atoms with E-state index in [4.69, 9.17) is 0 Å². The Kier molecular flexibility index (Phi) is 3.10. The number of hydrogen-bond donors (Lipinski definition) is 0. The molecule has 0 amide bonds. The molecule has 0 saturated heterocycles. The van der Waals surface area contributed by atoms with E-state index in [2.05, 4.69) is 84.5 Å². The minimum Gasteiger partial charge on any atom is -0.309 e. The van der Waals surface area contributed by atoms with Crippen LogP contribution in [0.1, 0.15) is 5.56 Å². The van der Waals surface area contributed by atoms with Crippen LogP contribution in [0.5, 0.6) is 0 Å².